The summed E-state index contributed by atoms with van der Waals surface area (Å²) < 4.78 is 11.5. The fraction of sp³-hybridized carbons (Fsp3) is 0.667. The van der Waals surface area contributed by atoms with Gasteiger partial charge in [-0.15, -0.1) is 0 Å². The first kappa shape index (κ1) is 16.3. The molecule has 3 nitrogen and oxygen atoms in total. The van der Waals surface area contributed by atoms with Gasteiger partial charge in [-0.1, -0.05) is 19.1 Å². The van der Waals surface area contributed by atoms with E-state index >= 15 is 0 Å². The molecular formula is C18H29NO2. The summed E-state index contributed by atoms with van der Waals surface area (Å²) in [5.74, 6) is 2.31. The van der Waals surface area contributed by atoms with Gasteiger partial charge in [0.05, 0.1) is 12.9 Å². The van der Waals surface area contributed by atoms with Crippen molar-refractivity contribution in [3.63, 3.8) is 0 Å². The fourth-order valence-electron chi connectivity index (χ4n) is 2.55. The Hall–Kier alpha value is -1.06. The molecule has 3 heteroatoms. The summed E-state index contributed by atoms with van der Waals surface area (Å²) in [5, 5.41) is 3.49. The third-order valence-corrected chi connectivity index (χ3v) is 4.13. The summed E-state index contributed by atoms with van der Waals surface area (Å²) >= 11 is 0. The van der Waals surface area contributed by atoms with Crippen molar-refractivity contribution in [1.82, 2.24) is 5.32 Å². The second-order valence-corrected chi connectivity index (χ2v) is 7.17. The van der Waals surface area contributed by atoms with Crippen molar-refractivity contribution in [3.05, 3.63) is 35.8 Å². The lowest BCUT2D eigenvalue weighted by Crippen LogP contribution is -2.35. The smallest absolute Gasteiger partial charge is 0.133 e. The maximum absolute atomic E-state index is 5.91. The molecule has 0 amide bonds. The molecule has 1 heterocycles. The van der Waals surface area contributed by atoms with E-state index in [-0.39, 0.29) is 5.54 Å². The molecule has 1 aliphatic carbocycles. The van der Waals surface area contributed by atoms with Gasteiger partial charge >= 0.3 is 0 Å². The Labute approximate surface area is 128 Å². The Balaban J connectivity index is 1.78. The molecule has 1 aliphatic rings. The molecule has 0 radical (unpaired) electrons. The molecule has 2 unspecified atom stereocenters. The van der Waals surface area contributed by atoms with E-state index in [4.69, 9.17) is 9.15 Å². The van der Waals surface area contributed by atoms with Crippen LogP contribution in [0, 0.1) is 11.8 Å². The Morgan fingerprint density at radius 1 is 1.29 bits per heavy atom. The van der Waals surface area contributed by atoms with Crippen LogP contribution in [0.2, 0.25) is 0 Å². The van der Waals surface area contributed by atoms with Gasteiger partial charge in [0, 0.05) is 17.6 Å². The van der Waals surface area contributed by atoms with E-state index in [1.54, 1.807) is 6.26 Å². The lowest BCUT2D eigenvalue weighted by atomic mass is 9.85. The summed E-state index contributed by atoms with van der Waals surface area (Å²) in [5.41, 5.74) is 1.31. The third-order valence-electron chi connectivity index (χ3n) is 4.13. The SMILES string of the molecule is CC1CC=CCC1COCc1occc1CNC(C)(C)C. The first-order chi connectivity index (χ1) is 9.96. The molecular weight excluding hydrogens is 262 g/mol. The van der Waals surface area contributed by atoms with Crippen molar-refractivity contribution in [1.29, 1.82) is 0 Å². The van der Waals surface area contributed by atoms with Gasteiger partial charge in [-0.3, -0.25) is 0 Å². The molecule has 1 aromatic rings. The monoisotopic (exact) mass is 291 g/mol. The van der Waals surface area contributed by atoms with E-state index in [0.717, 1.165) is 25.3 Å². The predicted molar refractivity (Wildman–Crippen MR) is 86.0 cm³/mol. The fourth-order valence-corrected chi connectivity index (χ4v) is 2.55. The first-order valence-corrected chi connectivity index (χ1v) is 7.99. The molecule has 118 valence electrons. The highest BCUT2D eigenvalue weighted by molar-refractivity contribution is 5.16. The Morgan fingerprint density at radius 3 is 2.76 bits per heavy atom. The molecule has 0 aromatic carbocycles. The van der Waals surface area contributed by atoms with Gasteiger partial charge in [-0.2, -0.15) is 0 Å². The number of hydrogen-bond donors (Lipinski definition) is 1. The zero-order valence-electron chi connectivity index (χ0n) is 13.8. The van der Waals surface area contributed by atoms with E-state index in [1.807, 2.05) is 6.07 Å². The number of rotatable bonds is 6. The predicted octanol–water partition coefficient (Wildman–Crippen LogP) is 4.29. The summed E-state index contributed by atoms with van der Waals surface area (Å²) in [6, 6.07) is 2.03. The molecule has 0 saturated heterocycles. The van der Waals surface area contributed by atoms with E-state index in [2.05, 4.69) is 45.2 Å². The van der Waals surface area contributed by atoms with Crippen LogP contribution in [0.25, 0.3) is 0 Å². The minimum absolute atomic E-state index is 0.110. The summed E-state index contributed by atoms with van der Waals surface area (Å²) in [7, 11) is 0. The minimum Gasteiger partial charge on any atom is -0.467 e. The molecule has 0 bridgehead atoms. The van der Waals surface area contributed by atoms with Crippen molar-refractivity contribution >= 4 is 0 Å². The lowest BCUT2D eigenvalue weighted by molar-refractivity contribution is 0.0577. The Bertz CT molecular complexity index is 456. The first-order valence-electron chi connectivity index (χ1n) is 7.99. The van der Waals surface area contributed by atoms with Crippen molar-refractivity contribution in [3.8, 4) is 0 Å². The standard InChI is InChI=1S/C18H29NO2/c1-14-7-5-6-8-16(14)12-20-13-17-15(9-10-21-17)11-19-18(2,3)4/h5-6,9-10,14,16,19H,7-8,11-13H2,1-4H3. The van der Waals surface area contributed by atoms with Gasteiger partial charge < -0.3 is 14.5 Å². The number of furan rings is 1. The molecule has 1 N–H and O–H groups in total. The van der Waals surface area contributed by atoms with Crippen LogP contribution in [-0.2, 0) is 17.9 Å². The van der Waals surface area contributed by atoms with Crippen LogP contribution in [0.15, 0.2) is 28.9 Å². The largest absolute Gasteiger partial charge is 0.467 e. The zero-order chi connectivity index (χ0) is 15.3. The topological polar surface area (TPSA) is 34.4 Å². The molecule has 0 aliphatic heterocycles. The quantitative estimate of drug-likeness (QED) is 0.794. The van der Waals surface area contributed by atoms with Crippen LogP contribution in [0.5, 0.6) is 0 Å². The minimum atomic E-state index is 0.110. The molecule has 21 heavy (non-hydrogen) atoms. The third kappa shape index (κ3) is 5.33. The van der Waals surface area contributed by atoms with Crippen LogP contribution >= 0.6 is 0 Å². The van der Waals surface area contributed by atoms with Crippen LogP contribution in [-0.4, -0.2) is 12.1 Å². The average Bonchev–Trinajstić information content (AvgIpc) is 2.85. The van der Waals surface area contributed by atoms with Crippen LogP contribution in [0.1, 0.15) is 51.9 Å². The van der Waals surface area contributed by atoms with Crippen LogP contribution < -0.4 is 5.32 Å². The number of hydrogen-bond acceptors (Lipinski definition) is 3. The Morgan fingerprint density at radius 2 is 2.05 bits per heavy atom. The van der Waals surface area contributed by atoms with Gasteiger partial charge in [-0.25, -0.2) is 0 Å². The van der Waals surface area contributed by atoms with Crippen molar-refractivity contribution in [2.24, 2.45) is 11.8 Å². The number of ether oxygens (including phenoxy) is 1. The summed E-state index contributed by atoms with van der Waals surface area (Å²) in [6.45, 7) is 11.0. The van der Waals surface area contributed by atoms with Gasteiger partial charge in [0.25, 0.3) is 0 Å². The zero-order valence-corrected chi connectivity index (χ0v) is 13.8. The van der Waals surface area contributed by atoms with E-state index in [1.165, 1.54) is 12.0 Å². The van der Waals surface area contributed by atoms with Gasteiger partial charge in [0.2, 0.25) is 0 Å². The normalized spacial score (nSPS) is 22.7. The summed E-state index contributed by atoms with van der Waals surface area (Å²) in [6.07, 6.45) is 8.63. The van der Waals surface area contributed by atoms with E-state index < -0.39 is 0 Å². The van der Waals surface area contributed by atoms with Crippen LogP contribution in [0.3, 0.4) is 0 Å². The average molecular weight is 291 g/mol. The highest BCUT2D eigenvalue weighted by Gasteiger charge is 2.19. The van der Waals surface area contributed by atoms with E-state index in [0.29, 0.717) is 18.4 Å². The Kier molecular flexibility index (Phi) is 5.65. The lowest BCUT2D eigenvalue weighted by Gasteiger charge is -2.24. The molecule has 1 aromatic heterocycles. The van der Waals surface area contributed by atoms with Gasteiger partial charge in [-0.05, 0) is 51.5 Å². The molecule has 0 saturated carbocycles. The van der Waals surface area contributed by atoms with Crippen molar-refractivity contribution < 1.29 is 9.15 Å². The number of nitrogens with one attached hydrogen (secondary N) is 1. The van der Waals surface area contributed by atoms with E-state index in [9.17, 15) is 0 Å². The van der Waals surface area contributed by atoms with Crippen molar-refractivity contribution in [2.45, 2.75) is 59.2 Å². The van der Waals surface area contributed by atoms with Gasteiger partial charge in [0.1, 0.15) is 12.4 Å². The molecule has 2 rings (SSSR count). The molecule has 2 atom stereocenters. The highest BCUT2D eigenvalue weighted by atomic mass is 16.5. The molecule has 0 spiro atoms. The maximum Gasteiger partial charge on any atom is 0.133 e. The second kappa shape index (κ2) is 7.28. The second-order valence-electron chi connectivity index (χ2n) is 7.17. The highest BCUT2D eigenvalue weighted by Crippen LogP contribution is 2.25. The molecule has 0 fully saturated rings. The van der Waals surface area contributed by atoms with Crippen LogP contribution in [0.4, 0.5) is 0 Å². The van der Waals surface area contributed by atoms with Crippen molar-refractivity contribution in [2.75, 3.05) is 6.61 Å². The number of allylic oxidation sites excluding steroid dienone is 2. The maximum atomic E-state index is 5.91. The summed E-state index contributed by atoms with van der Waals surface area (Å²) in [4.78, 5) is 0. The van der Waals surface area contributed by atoms with Gasteiger partial charge in [0.15, 0.2) is 0 Å².